The van der Waals surface area contributed by atoms with Gasteiger partial charge >= 0.3 is 6.09 Å². The van der Waals surface area contributed by atoms with Crippen molar-refractivity contribution in [2.24, 2.45) is 0 Å². The number of rotatable bonds is 8. The summed E-state index contributed by atoms with van der Waals surface area (Å²) in [6.07, 6.45) is -0.426. The Hall–Kier alpha value is -3.07. The summed E-state index contributed by atoms with van der Waals surface area (Å²) in [7, 11) is -1.33. The van der Waals surface area contributed by atoms with Crippen molar-refractivity contribution in [2.75, 3.05) is 27.3 Å². The van der Waals surface area contributed by atoms with Crippen molar-refractivity contribution in [1.82, 2.24) is 9.62 Å². The zero-order chi connectivity index (χ0) is 21.4. The Balaban J connectivity index is 1.97. The normalized spacial score (nSPS) is 10.9. The minimum absolute atomic E-state index is 0.0186. The van der Waals surface area contributed by atoms with Crippen LogP contribution in [0.15, 0.2) is 53.4 Å². The lowest BCUT2D eigenvalue weighted by Gasteiger charge is -2.17. The molecule has 2 aromatic carbocycles. The lowest BCUT2D eigenvalue weighted by atomic mass is 10.1. The predicted molar refractivity (Wildman–Crippen MR) is 107 cm³/mol. The first-order valence-corrected chi connectivity index (χ1v) is 10.4. The van der Waals surface area contributed by atoms with Gasteiger partial charge in [-0.1, -0.05) is 24.3 Å². The first-order valence-electron chi connectivity index (χ1n) is 8.97. The predicted octanol–water partition coefficient (Wildman–Crippen LogP) is 2.44. The smallest absolute Gasteiger partial charge is 0.423 e. The highest BCUT2D eigenvalue weighted by Crippen LogP contribution is 2.18. The number of carbonyl (C=O) groups is 2. The van der Waals surface area contributed by atoms with Gasteiger partial charge in [-0.3, -0.25) is 4.79 Å². The monoisotopic (exact) mass is 420 g/mol. The second-order valence-electron chi connectivity index (χ2n) is 6.02. The standard InChI is InChI=1S/C20H24N2O6S/c1-4-28-20(24)22(2)29(25,26)16-11-9-15(10-12-16)13-14-21-19(23)17-7-5-6-8-18(17)27-3/h5-12H,4,13-14H2,1-3H3,(H,21,23). The summed E-state index contributed by atoms with van der Waals surface area (Å²) in [6.45, 7) is 2.05. The van der Waals surface area contributed by atoms with Gasteiger partial charge in [0.25, 0.3) is 15.9 Å². The summed E-state index contributed by atoms with van der Waals surface area (Å²) in [5.41, 5.74) is 1.28. The van der Waals surface area contributed by atoms with Crippen molar-refractivity contribution in [3.63, 3.8) is 0 Å². The molecule has 2 amide bonds. The Kier molecular flexibility index (Phi) is 7.60. The van der Waals surface area contributed by atoms with Gasteiger partial charge in [-0.15, -0.1) is 0 Å². The number of nitrogens with zero attached hydrogens (tertiary/aromatic N) is 1. The number of nitrogens with one attached hydrogen (secondary N) is 1. The minimum Gasteiger partial charge on any atom is -0.496 e. The minimum atomic E-state index is -3.98. The molecule has 0 aliphatic carbocycles. The van der Waals surface area contributed by atoms with Crippen LogP contribution in [0.25, 0.3) is 0 Å². The third-order valence-corrected chi connectivity index (χ3v) is 5.90. The summed E-state index contributed by atoms with van der Waals surface area (Å²) in [4.78, 5) is 23.9. The highest BCUT2D eigenvalue weighted by molar-refractivity contribution is 7.89. The first kappa shape index (κ1) is 22.2. The Morgan fingerprint density at radius 1 is 1.07 bits per heavy atom. The van der Waals surface area contributed by atoms with Crippen molar-refractivity contribution in [2.45, 2.75) is 18.2 Å². The van der Waals surface area contributed by atoms with E-state index in [1.807, 2.05) is 0 Å². The molecule has 0 radical (unpaired) electrons. The van der Waals surface area contributed by atoms with E-state index in [0.29, 0.717) is 28.6 Å². The van der Waals surface area contributed by atoms with E-state index in [1.165, 1.54) is 19.2 Å². The van der Waals surface area contributed by atoms with E-state index >= 15 is 0 Å². The molecule has 1 N–H and O–H groups in total. The summed E-state index contributed by atoms with van der Waals surface area (Å²) in [5.74, 6) is 0.239. The van der Waals surface area contributed by atoms with Crippen LogP contribution in [-0.2, 0) is 21.2 Å². The van der Waals surface area contributed by atoms with E-state index in [9.17, 15) is 18.0 Å². The maximum absolute atomic E-state index is 12.4. The number of hydrogen-bond donors (Lipinski definition) is 1. The molecule has 29 heavy (non-hydrogen) atoms. The molecule has 0 aromatic heterocycles. The fourth-order valence-electron chi connectivity index (χ4n) is 2.55. The molecule has 2 rings (SSSR count). The van der Waals surface area contributed by atoms with Gasteiger partial charge in [0, 0.05) is 13.6 Å². The van der Waals surface area contributed by atoms with Crippen molar-refractivity contribution < 1.29 is 27.5 Å². The SMILES string of the molecule is CCOC(=O)N(C)S(=O)(=O)c1ccc(CCNC(=O)c2ccccc2OC)cc1. The Labute approximate surface area is 170 Å². The van der Waals surface area contributed by atoms with Gasteiger partial charge < -0.3 is 14.8 Å². The molecule has 156 valence electrons. The van der Waals surface area contributed by atoms with Crippen LogP contribution in [0.1, 0.15) is 22.8 Å². The summed E-state index contributed by atoms with van der Waals surface area (Å²) in [5, 5.41) is 2.81. The molecule has 0 bridgehead atoms. The largest absolute Gasteiger partial charge is 0.496 e. The van der Waals surface area contributed by atoms with E-state index in [1.54, 1.807) is 43.3 Å². The molecule has 0 heterocycles. The van der Waals surface area contributed by atoms with E-state index in [-0.39, 0.29) is 17.4 Å². The van der Waals surface area contributed by atoms with Gasteiger partial charge in [0.15, 0.2) is 0 Å². The van der Waals surface area contributed by atoms with Crippen molar-refractivity contribution in [3.8, 4) is 5.75 Å². The van der Waals surface area contributed by atoms with Gasteiger partial charge in [0.1, 0.15) is 5.75 Å². The van der Waals surface area contributed by atoms with Crippen molar-refractivity contribution >= 4 is 22.0 Å². The average molecular weight is 420 g/mol. The van der Waals surface area contributed by atoms with Crippen LogP contribution in [-0.4, -0.2) is 52.0 Å². The molecule has 0 spiro atoms. The summed E-state index contributed by atoms with van der Waals surface area (Å²) < 4.78 is 35.3. The highest BCUT2D eigenvalue weighted by atomic mass is 32.2. The maximum Gasteiger partial charge on any atom is 0.423 e. The van der Waals surface area contributed by atoms with Crippen LogP contribution in [0.5, 0.6) is 5.75 Å². The van der Waals surface area contributed by atoms with Gasteiger partial charge in [-0.05, 0) is 43.2 Å². The van der Waals surface area contributed by atoms with Gasteiger partial charge in [-0.25, -0.2) is 17.5 Å². The lowest BCUT2D eigenvalue weighted by molar-refractivity contribution is 0.0951. The number of ether oxygens (including phenoxy) is 2. The second kappa shape index (κ2) is 9.92. The number of carbonyl (C=O) groups excluding carboxylic acids is 2. The molecule has 0 aliphatic heterocycles. The molecule has 9 heteroatoms. The zero-order valence-electron chi connectivity index (χ0n) is 16.5. The first-order chi connectivity index (χ1) is 13.8. The van der Waals surface area contributed by atoms with Gasteiger partial charge in [0.05, 0.1) is 24.2 Å². The molecule has 0 aliphatic rings. The van der Waals surface area contributed by atoms with Crippen LogP contribution >= 0.6 is 0 Å². The number of benzene rings is 2. The Bertz CT molecular complexity index is 957. The topological polar surface area (TPSA) is 102 Å². The number of hydrogen-bond acceptors (Lipinski definition) is 6. The van der Waals surface area contributed by atoms with Crippen LogP contribution < -0.4 is 10.1 Å². The quantitative estimate of drug-likeness (QED) is 0.704. The Morgan fingerprint density at radius 3 is 2.34 bits per heavy atom. The van der Waals surface area contributed by atoms with Crippen LogP contribution in [0.2, 0.25) is 0 Å². The number of sulfonamides is 1. The summed E-state index contributed by atoms with van der Waals surface area (Å²) >= 11 is 0. The third-order valence-electron chi connectivity index (χ3n) is 4.16. The second-order valence-corrected chi connectivity index (χ2v) is 7.99. The molecule has 0 atom stereocenters. The zero-order valence-corrected chi connectivity index (χ0v) is 17.4. The molecular formula is C20H24N2O6S. The molecular weight excluding hydrogens is 396 g/mol. The van der Waals surface area contributed by atoms with E-state index in [0.717, 1.165) is 12.6 Å². The van der Waals surface area contributed by atoms with E-state index in [2.05, 4.69) is 5.32 Å². The van der Waals surface area contributed by atoms with Crippen LogP contribution in [0.4, 0.5) is 4.79 Å². The van der Waals surface area contributed by atoms with Crippen LogP contribution in [0.3, 0.4) is 0 Å². The van der Waals surface area contributed by atoms with Crippen molar-refractivity contribution in [3.05, 3.63) is 59.7 Å². The van der Waals surface area contributed by atoms with E-state index in [4.69, 9.17) is 9.47 Å². The third kappa shape index (κ3) is 5.47. The average Bonchev–Trinajstić information content (AvgIpc) is 2.73. The van der Waals surface area contributed by atoms with E-state index < -0.39 is 16.1 Å². The molecule has 2 aromatic rings. The Morgan fingerprint density at radius 2 is 1.72 bits per heavy atom. The molecule has 0 saturated carbocycles. The van der Waals surface area contributed by atoms with Gasteiger partial charge in [-0.2, -0.15) is 0 Å². The lowest BCUT2D eigenvalue weighted by Crippen LogP contribution is -2.33. The maximum atomic E-state index is 12.4. The van der Waals surface area contributed by atoms with Gasteiger partial charge in [0.2, 0.25) is 0 Å². The fraction of sp³-hybridized carbons (Fsp3) is 0.300. The molecule has 0 saturated heterocycles. The van der Waals surface area contributed by atoms with Crippen molar-refractivity contribution in [1.29, 1.82) is 0 Å². The number of methoxy groups -OCH3 is 1. The molecule has 0 unspecified atom stereocenters. The van der Waals surface area contributed by atoms with Crippen LogP contribution in [0, 0.1) is 0 Å². The number of para-hydroxylation sites is 1. The number of amides is 2. The highest BCUT2D eigenvalue weighted by Gasteiger charge is 2.26. The fourth-order valence-corrected chi connectivity index (χ4v) is 3.59. The molecule has 0 fully saturated rings. The summed E-state index contributed by atoms with van der Waals surface area (Å²) in [6, 6.07) is 13.0. The molecule has 8 nitrogen and oxygen atoms in total.